The van der Waals surface area contributed by atoms with Crippen LogP contribution in [0.25, 0.3) is 0 Å². The Labute approximate surface area is 101 Å². The highest BCUT2D eigenvalue weighted by atomic mass is 15.2. The Morgan fingerprint density at radius 3 is 2.62 bits per heavy atom. The van der Waals surface area contributed by atoms with Crippen LogP contribution in [-0.2, 0) is 0 Å². The van der Waals surface area contributed by atoms with Crippen molar-refractivity contribution in [1.82, 2.24) is 15.1 Å². The van der Waals surface area contributed by atoms with E-state index in [1.54, 1.807) is 0 Å². The van der Waals surface area contributed by atoms with Gasteiger partial charge < -0.3 is 15.1 Å². The molecule has 0 aromatic heterocycles. The number of hydrogen-bond donors (Lipinski definition) is 1. The van der Waals surface area contributed by atoms with Gasteiger partial charge in [0.2, 0.25) is 0 Å². The number of hydrogen-bond acceptors (Lipinski definition) is 3. The SMILES string of the molecule is CN1CCNC(CCN(C)CC(C)(C)C)C1. The molecule has 0 aromatic rings. The fourth-order valence-corrected chi connectivity index (χ4v) is 2.45. The average Bonchev–Trinajstić information content (AvgIpc) is 2.12. The highest BCUT2D eigenvalue weighted by Crippen LogP contribution is 2.14. The zero-order chi connectivity index (χ0) is 12.2. The van der Waals surface area contributed by atoms with E-state index in [1.165, 1.54) is 32.6 Å². The standard InChI is InChI=1S/C13H29N3/c1-13(2,3)11-16(5)8-6-12-10-15(4)9-7-14-12/h12,14H,6-11H2,1-5H3. The molecule has 1 aliphatic heterocycles. The van der Waals surface area contributed by atoms with Crippen molar-refractivity contribution in [1.29, 1.82) is 0 Å². The Morgan fingerprint density at radius 2 is 2.06 bits per heavy atom. The molecule has 0 bridgehead atoms. The largest absolute Gasteiger partial charge is 0.311 e. The van der Waals surface area contributed by atoms with E-state index in [4.69, 9.17) is 0 Å². The lowest BCUT2D eigenvalue weighted by molar-refractivity contribution is 0.190. The third-order valence-corrected chi connectivity index (χ3v) is 3.06. The predicted molar refractivity (Wildman–Crippen MR) is 70.9 cm³/mol. The summed E-state index contributed by atoms with van der Waals surface area (Å²) in [4.78, 5) is 4.88. The monoisotopic (exact) mass is 227 g/mol. The van der Waals surface area contributed by atoms with Gasteiger partial charge in [0, 0.05) is 32.2 Å². The van der Waals surface area contributed by atoms with E-state index in [9.17, 15) is 0 Å². The van der Waals surface area contributed by atoms with Crippen LogP contribution < -0.4 is 5.32 Å². The maximum atomic E-state index is 3.60. The topological polar surface area (TPSA) is 18.5 Å². The molecular formula is C13H29N3. The number of nitrogens with one attached hydrogen (secondary N) is 1. The highest BCUT2D eigenvalue weighted by Gasteiger charge is 2.18. The lowest BCUT2D eigenvalue weighted by Crippen LogP contribution is -2.50. The molecule has 0 amide bonds. The number of nitrogens with zero attached hydrogens (tertiary/aromatic N) is 2. The van der Waals surface area contributed by atoms with Crippen LogP contribution >= 0.6 is 0 Å². The van der Waals surface area contributed by atoms with Gasteiger partial charge in [-0.1, -0.05) is 20.8 Å². The van der Waals surface area contributed by atoms with E-state index in [2.05, 4.69) is 50.0 Å². The quantitative estimate of drug-likeness (QED) is 0.780. The van der Waals surface area contributed by atoms with E-state index in [0.29, 0.717) is 11.5 Å². The Morgan fingerprint density at radius 1 is 1.38 bits per heavy atom. The van der Waals surface area contributed by atoms with Crippen molar-refractivity contribution in [3.05, 3.63) is 0 Å². The lowest BCUT2D eigenvalue weighted by Gasteiger charge is -2.33. The van der Waals surface area contributed by atoms with Crippen LogP contribution in [0, 0.1) is 5.41 Å². The summed E-state index contributed by atoms with van der Waals surface area (Å²) in [6.45, 7) is 12.8. The second-order valence-corrected chi connectivity index (χ2v) is 6.50. The minimum absolute atomic E-state index is 0.408. The Bertz CT molecular complexity index is 198. The van der Waals surface area contributed by atoms with Gasteiger partial charge in [0.15, 0.2) is 0 Å². The second-order valence-electron chi connectivity index (χ2n) is 6.50. The van der Waals surface area contributed by atoms with E-state index in [0.717, 1.165) is 6.54 Å². The van der Waals surface area contributed by atoms with Crippen LogP contribution in [0.1, 0.15) is 27.2 Å². The first-order valence-electron chi connectivity index (χ1n) is 6.47. The fourth-order valence-electron chi connectivity index (χ4n) is 2.45. The van der Waals surface area contributed by atoms with Crippen LogP contribution in [-0.4, -0.2) is 62.7 Å². The van der Waals surface area contributed by atoms with Crippen molar-refractivity contribution >= 4 is 0 Å². The molecule has 16 heavy (non-hydrogen) atoms. The maximum Gasteiger partial charge on any atom is 0.0207 e. The molecule has 3 heteroatoms. The maximum absolute atomic E-state index is 3.60. The van der Waals surface area contributed by atoms with Crippen LogP contribution in [0.4, 0.5) is 0 Å². The molecule has 1 heterocycles. The Hall–Kier alpha value is -0.120. The first kappa shape index (κ1) is 13.9. The first-order valence-corrected chi connectivity index (χ1v) is 6.47. The Balaban J connectivity index is 2.18. The molecular weight excluding hydrogens is 198 g/mol. The molecule has 1 rings (SSSR count). The number of piperazine rings is 1. The molecule has 0 aromatic carbocycles. The summed E-state index contributed by atoms with van der Waals surface area (Å²) in [6, 6.07) is 0.682. The third kappa shape index (κ3) is 5.83. The minimum Gasteiger partial charge on any atom is -0.311 e. The van der Waals surface area contributed by atoms with E-state index in [1.807, 2.05) is 0 Å². The van der Waals surface area contributed by atoms with Crippen molar-refractivity contribution in [2.45, 2.75) is 33.2 Å². The minimum atomic E-state index is 0.408. The van der Waals surface area contributed by atoms with E-state index >= 15 is 0 Å². The zero-order valence-corrected chi connectivity index (χ0v) is 11.7. The molecule has 1 saturated heterocycles. The first-order chi connectivity index (χ1) is 7.37. The van der Waals surface area contributed by atoms with Gasteiger partial charge in [-0.3, -0.25) is 0 Å². The molecule has 0 saturated carbocycles. The van der Waals surface area contributed by atoms with Gasteiger partial charge in [0.05, 0.1) is 0 Å². The molecule has 96 valence electrons. The molecule has 1 aliphatic rings. The van der Waals surface area contributed by atoms with Crippen molar-refractivity contribution in [3.63, 3.8) is 0 Å². The van der Waals surface area contributed by atoms with Gasteiger partial charge in [0.25, 0.3) is 0 Å². The molecule has 0 spiro atoms. The molecule has 1 atom stereocenters. The highest BCUT2D eigenvalue weighted by molar-refractivity contribution is 4.78. The van der Waals surface area contributed by atoms with Gasteiger partial charge in [-0.2, -0.15) is 0 Å². The predicted octanol–water partition coefficient (Wildman–Crippen LogP) is 1.26. The van der Waals surface area contributed by atoms with Crippen molar-refractivity contribution < 1.29 is 0 Å². The smallest absolute Gasteiger partial charge is 0.0207 e. The zero-order valence-electron chi connectivity index (χ0n) is 11.7. The summed E-state index contributed by atoms with van der Waals surface area (Å²) < 4.78 is 0. The summed E-state index contributed by atoms with van der Waals surface area (Å²) in [5.41, 5.74) is 0.408. The Kier molecular flexibility index (Phi) is 5.22. The van der Waals surface area contributed by atoms with Gasteiger partial charge in [-0.15, -0.1) is 0 Å². The summed E-state index contributed by atoms with van der Waals surface area (Å²) in [6.07, 6.45) is 1.26. The van der Waals surface area contributed by atoms with Gasteiger partial charge >= 0.3 is 0 Å². The molecule has 3 nitrogen and oxygen atoms in total. The molecule has 0 radical (unpaired) electrons. The van der Waals surface area contributed by atoms with Crippen molar-refractivity contribution in [3.8, 4) is 0 Å². The normalized spacial score (nSPS) is 24.0. The lowest BCUT2D eigenvalue weighted by atomic mass is 9.96. The van der Waals surface area contributed by atoms with Gasteiger partial charge in [-0.05, 0) is 32.5 Å². The van der Waals surface area contributed by atoms with Crippen molar-refractivity contribution in [2.24, 2.45) is 5.41 Å². The van der Waals surface area contributed by atoms with Gasteiger partial charge in [0.1, 0.15) is 0 Å². The summed E-state index contributed by atoms with van der Waals surface area (Å²) in [7, 11) is 4.45. The van der Waals surface area contributed by atoms with E-state index < -0.39 is 0 Å². The molecule has 1 N–H and O–H groups in total. The van der Waals surface area contributed by atoms with Crippen LogP contribution in [0.15, 0.2) is 0 Å². The fraction of sp³-hybridized carbons (Fsp3) is 1.00. The number of rotatable bonds is 4. The molecule has 1 unspecified atom stereocenters. The van der Waals surface area contributed by atoms with Crippen LogP contribution in [0.5, 0.6) is 0 Å². The third-order valence-electron chi connectivity index (χ3n) is 3.06. The number of likely N-dealkylation sites (N-methyl/N-ethyl adjacent to an activating group) is 1. The van der Waals surface area contributed by atoms with E-state index in [-0.39, 0.29) is 0 Å². The average molecular weight is 227 g/mol. The van der Waals surface area contributed by atoms with Crippen molar-refractivity contribution in [2.75, 3.05) is 46.8 Å². The summed E-state index contributed by atoms with van der Waals surface area (Å²) in [5, 5.41) is 3.60. The van der Waals surface area contributed by atoms with Gasteiger partial charge in [-0.25, -0.2) is 0 Å². The molecule has 1 fully saturated rings. The summed E-state index contributed by atoms with van der Waals surface area (Å²) >= 11 is 0. The second kappa shape index (κ2) is 5.99. The summed E-state index contributed by atoms with van der Waals surface area (Å²) in [5.74, 6) is 0. The van der Waals surface area contributed by atoms with Crippen LogP contribution in [0.2, 0.25) is 0 Å². The molecule has 0 aliphatic carbocycles. The van der Waals surface area contributed by atoms with Crippen LogP contribution in [0.3, 0.4) is 0 Å².